The number of H-pyrrole nitrogens is 1. The fraction of sp³-hybridized carbons (Fsp3) is 0.143. The highest BCUT2D eigenvalue weighted by Gasteiger charge is 2.08. The summed E-state index contributed by atoms with van der Waals surface area (Å²) in [5.74, 6) is -0.316. The number of aromatic nitrogens is 3. The number of rotatable bonds is 6. The van der Waals surface area contributed by atoms with Crippen LogP contribution >= 0.6 is 0 Å². The zero-order chi connectivity index (χ0) is 18.6. The van der Waals surface area contributed by atoms with Crippen LogP contribution in [0.3, 0.4) is 0 Å². The van der Waals surface area contributed by atoms with Crippen molar-refractivity contribution < 1.29 is 9.18 Å². The van der Waals surface area contributed by atoms with Crippen LogP contribution in [-0.4, -0.2) is 20.7 Å². The minimum Gasteiger partial charge on any atom is -0.361 e. The van der Waals surface area contributed by atoms with E-state index in [1.165, 1.54) is 12.1 Å². The molecule has 2 N–H and O–H groups in total. The molecule has 0 unspecified atom stereocenters. The molecule has 5 nitrogen and oxygen atoms in total. The number of aromatic amines is 1. The minimum absolute atomic E-state index is 0.0541. The number of carbonyl (C=O) groups is 1. The Morgan fingerprint density at radius 2 is 1.96 bits per heavy atom. The van der Waals surface area contributed by atoms with Gasteiger partial charge in [0.15, 0.2) is 0 Å². The Bertz CT molecular complexity index is 1070. The van der Waals surface area contributed by atoms with Gasteiger partial charge in [-0.25, -0.2) is 4.39 Å². The van der Waals surface area contributed by atoms with E-state index < -0.39 is 0 Å². The Morgan fingerprint density at radius 3 is 2.81 bits per heavy atom. The summed E-state index contributed by atoms with van der Waals surface area (Å²) in [5, 5.41) is 8.27. The van der Waals surface area contributed by atoms with Crippen LogP contribution in [0.4, 0.5) is 10.1 Å². The molecule has 0 atom stereocenters. The number of hydrogen-bond acceptors (Lipinski definition) is 2. The van der Waals surface area contributed by atoms with Gasteiger partial charge in [-0.3, -0.25) is 9.48 Å². The topological polar surface area (TPSA) is 62.7 Å². The van der Waals surface area contributed by atoms with E-state index in [1.807, 2.05) is 24.4 Å². The highest BCUT2D eigenvalue weighted by atomic mass is 19.1. The van der Waals surface area contributed by atoms with Gasteiger partial charge < -0.3 is 10.3 Å². The van der Waals surface area contributed by atoms with Gasteiger partial charge in [-0.1, -0.05) is 30.3 Å². The van der Waals surface area contributed by atoms with Crippen LogP contribution < -0.4 is 5.32 Å². The second-order valence-electron chi connectivity index (χ2n) is 6.46. The summed E-state index contributed by atoms with van der Waals surface area (Å²) in [4.78, 5) is 15.5. The molecule has 2 aromatic heterocycles. The molecular weight excluding hydrogens is 343 g/mol. The largest absolute Gasteiger partial charge is 0.361 e. The summed E-state index contributed by atoms with van der Waals surface area (Å²) < 4.78 is 14.7. The predicted molar refractivity (Wildman–Crippen MR) is 103 cm³/mol. The molecule has 0 aliphatic heterocycles. The molecule has 136 valence electrons. The third kappa shape index (κ3) is 4.06. The second kappa shape index (κ2) is 7.45. The van der Waals surface area contributed by atoms with Gasteiger partial charge in [-0.2, -0.15) is 5.10 Å². The van der Waals surface area contributed by atoms with Gasteiger partial charge >= 0.3 is 0 Å². The van der Waals surface area contributed by atoms with Crippen molar-refractivity contribution in [2.75, 3.05) is 5.32 Å². The van der Waals surface area contributed by atoms with Crippen LogP contribution in [0.2, 0.25) is 0 Å². The maximum Gasteiger partial charge on any atom is 0.224 e. The summed E-state index contributed by atoms with van der Waals surface area (Å²) >= 11 is 0. The Hall–Kier alpha value is -3.41. The van der Waals surface area contributed by atoms with Crippen molar-refractivity contribution in [1.82, 2.24) is 14.8 Å². The summed E-state index contributed by atoms with van der Waals surface area (Å²) in [5.41, 5.74) is 3.81. The molecule has 0 bridgehead atoms. The van der Waals surface area contributed by atoms with Crippen LogP contribution in [0.1, 0.15) is 17.5 Å². The summed E-state index contributed by atoms with van der Waals surface area (Å²) in [6.45, 7) is 0.519. The van der Waals surface area contributed by atoms with Gasteiger partial charge in [0.25, 0.3) is 0 Å². The maximum absolute atomic E-state index is 13.0. The number of halogens is 1. The molecule has 2 heterocycles. The van der Waals surface area contributed by atoms with E-state index in [4.69, 9.17) is 0 Å². The highest BCUT2D eigenvalue weighted by Crippen LogP contribution is 2.19. The van der Waals surface area contributed by atoms with Gasteiger partial charge in [0.05, 0.1) is 18.4 Å². The van der Waals surface area contributed by atoms with Crippen LogP contribution in [0.5, 0.6) is 0 Å². The van der Waals surface area contributed by atoms with E-state index in [0.717, 1.165) is 22.0 Å². The first-order chi connectivity index (χ1) is 13.2. The first-order valence-corrected chi connectivity index (χ1v) is 8.79. The lowest BCUT2D eigenvalue weighted by atomic mass is 10.1. The normalized spacial score (nSPS) is 11.0. The van der Waals surface area contributed by atoms with E-state index in [9.17, 15) is 9.18 Å². The average molecular weight is 362 g/mol. The van der Waals surface area contributed by atoms with Crippen molar-refractivity contribution in [3.63, 3.8) is 0 Å². The van der Waals surface area contributed by atoms with E-state index in [-0.39, 0.29) is 11.7 Å². The number of nitrogens with one attached hydrogen (secondary N) is 2. The predicted octanol–water partition coefficient (Wildman–Crippen LogP) is 4.12. The lowest BCUT2D eigenvalue weighted by molar-refractivity contribution is -0.116. The van der Waals surface area contributed by atoms with Crippen molar-refractivity contribution in [3.05, 3.63) is 84.1 Å². The SMILES string of the molecule is O=C(CCc1c[nH]c2ccccc12)Nc1cnn(Cc2ccc(F)cc2)c1. The van der Waals surface area contributed by atoms with E-state index >= 15 is 0 Å². The van der Waals surface area contributed by atoms with Crippen LogP contribution in [-0.2, 0) is 17.8 Å². The van der Waals surface area contributed by atoms with Crippen molar-refractivity contribution in [3.8, 4) is 0 Å². The Kier molecular flexibility index (Phi) is 4.70. The Balaban J connectivity index is 1.33. The summed E-state index contributed by atoms with van der Waals surface area (Å²) in [6.07, 6.45) is 6.41. The van der Waals surface area contributed by atoms with Crippen molar-refractivity contribution in [2.24, 2.45) is 0 Å². The summed E-state index contributed by atoms with van der Waals surface area (Å²) in [7, 11) is 0. The summed E-state index contributed by atoms with van der Waals surface area (Å²) in [6, 6.07) is 14.3. The standard InChI is InChI=1S/C21H19FN4O/c22-17-8-5-15(6-9-17)13-26-14-18(12-24-26)25-21(27)10-7-16-11-23-20-4-2-1-3-19(16)20/h1-6,8-9,11-12,14,23H,7,10,13H2,(H,25,27). The first kappa shape index (κ1) is 17.0. The Morgan fingerprint density at radius 1 is 1.15 bits per heavy atom. The fourth-order valence-electron chi connectivity index (χ4n) is 3.10. The molecule has 6 heteroatoms. The molecule has 2 aromatic carbocycles. The van der Waals surface area contributed by atoms with Gasteiger partial charge in [0.1, 0.15) is 5.82 Å². The van der Waals surface area contributed by atoms with Gasteiger partial charge in [0.2, 0.25) is 5.91 Å². The highest BCUT2D eigenvalue weighted by molar-refractivity contribution is 5.91. The smallest absolute Gasteiger partial charge is 0.224 e. The molecule has 0 fully saturated rings. The van der Waals surface area contributed by atoms with Gasteiger partial charge in [0, 0.05) is 29.7 Å². The third-order valence-corrected chi connectivity index (χ3v) is 4.47. The molecule has 0 aliphatic rings. The van der Waals surface area contributed by atoms with Gasteiger partial charge in [-0.05, 0) is 35.7 Å². The lowest BCUT2D eigenvalue weighted by Crippen LogP contribution is -2.11. The number of hydrogen-bond donors (Lipinski definition) is 2. The molecule has 1 amide bonds. The van der Waals surface area contributed by atoms with E-state index in [1.54, 1.807) is 29.2 Å². The molecule has 0 saturated carbocycles. The lowest BCUT2D eigenvalue weighted by Gasteiger charge is -2.03. The molecular formula is C21H19FN4O. The number of amides is 1. The van der Waals surface area contributed by atoms with Crippen LogP contribution in [0, 0.1) is 5.82 Å². The van der Waals surface area contributed by atoms with Crippen molar-refractivity contribution in [2.45, 2.75) is 19.4 Å². The zero-order valence-electron chi connectivity index (χ0n) is 14.7. The van der Waals surface area contributed by atoms with Crippen molar-refractivity contribution in [1.29, 1.82) is 0 Å². The van der Waals surface area contributed by atoms with Crippen LogP contribution in [0.25, 0.3) is 10.9 Å². The van der Waals surface area contributed by atoms with Gasteiger partial charge in [-0.15, -0.1) is 0 Å². The van der Waals surface area contributed by atoms with Crippen LogP contribution in [0.15, 0.2) is 67.1 Å². The molecule has 0 spiro atoms. The number of anilines is 1. The average Bonchev–Trinajstić information content (AvgIpc) is 3.29. The molecule has 0 aliphatic carbocycles. The molecule has 4 rings (SSSR count). The zero-order valence-corrected chi connectivity index (χ0v) is 14.7. The molecule has 27 heavy (non-hydrogen) atoms. The number of carbonyl (C=O) groups excluding carboxylic acids is 1. The maximum atomic E-state index is 13.0. The number of nitrogens with zero attached hydrogens (tertiary/aromatic N) is 2. The molecule has 4 aromatic rings. The number of aryl methyl sites for hydroxylation is 1. The minimum atomic E-state index is -0.262. The number of benzene rings is 2. The quantitative estimate of drug-likeness (QED) is 0.542. The molecule has 0 radical (unpaired) electrons. The fourth-order valence-corrected chi connectivity index (χ4v) is 3.10. The third-order valence-electron chi connectivity index (χ3n) is 4.47. The number of para-hydroxylation sites is 1. The number of fused-ring (bicyclic) bond motifs is 1. The molecule has 0 saturated heterocycles. The first-order valence-electron chi connectivity index (χ1n) is 8.79. The Labute approximate surface area is 155 Å². The van der Waals surface area contributed by atoms with Crippen molar-refractivity contribution >= 4 is 22.5 Å². The van der Waals surface area contributed by atoms with E-state index in [2.05, 4.69) is 21.5 Å². The second-order valence-corrected chi connectivity index (χ2v) is 6.46. The monoisotopic (exact) mass is 362 g/mol. The van der Waals surface area contributed by atoms with E-state index in [0.29, 0.717) is 25.1 Å².